The van der Waals surface area contributed by atoms with Crippen molar-refractivity contribution in [3.05, 3.63) is 64.3 Å². The van der Waals surface area contributed by atoms with Crippen LogP contribution in [0, 0.1) is 0 Å². The number of hydrogen-bond donors (Lipinski definition) is 1. The lowest BCUT2D eigenvalue weighted by Crippen LogP contribution is -2.27. The lowest BCUT2D eigenvalue weighted by molar-refractivity contribution is 0.193. The standard InChI is InChI=1S/C21H30N2O4S/c1-15(2)20-19(14-16(3)27-6)28(24,25)23(4)18-11-8-7-10-17(18)21(20)22-12-9-13-26-5/h7-8,10-11,14,21-22H,1,9,12-13H2,2-6H3. The maximum absolute atomic E-state index is 13.5. The van der Waals surface area contributed by atoms with Gasteiger partial charge in [0.25, 0.3) is 10.0 Å². The van der Waals surface area contributed by atoms with E-state index in [0.717, 1.165) is 12.0 Å². The van der Waals surface area contributed by atoms with Gasteiger partial charge < -0.3 is 14.8 Å². The zero-order valence-electron chi connectivity index (χ0n) is 17.3. The van der Waals surface area contributed by atoms with Crippen LogP contribution in [0.15, 0.2) is 58.7 Å². The van der Waals surface area contributed by atoms with E-state index in [2.05, 4.69) is 11.9 Å². The van der Waals surface area contributed by atoms with Gasteiger partial charge in [-0.2, -0.15) is 0 Å². The van der Waals surface area contributed by atoms with Crippen molar-refractivity contribution in [1.82, 2.24) is 5.32 Å². The Kier molecular flexibility index (Phi) is 7.46. The molecule has 0 radical (unpaired) electrons. The second-order valence-electron chi connectivity index (χ2n) is 6.78. The number of hydrogen-bond acceptors (Lipinski definition) is 5. The van der Waals surface area contributed by atoms with Crippen LogP contribution in [0.5, 0.6) is 0 Å². The third kappa shape index (κ3) is 4.48. The molecular formula is C21H30N2O4S. The van der Waals surface area contributed by atoms with Gasteiger partial charge in [0.05, 0.1) is 29.5 Å². The first-order chi connectivity index (χ1) is 13.3. The predicted molar refractivity (Wildman–Crippen MR) is 114 cm³/mol. The van der Waals surface area contributed by atoms with Gasteiger partial charge in [0.1, 0.15) is 0 Å². The minimum atomic E-state index is -3.79. The quantitative estimate of drug-likeness (QED) is 0.529. The SMILES string of the molecule is C=C(C)C1=C(C=C(C)OC)S(=O)(=O)N(C)c2ccccc2C1NCCCOC. The smallest absolute Gasteiger partial charge is 0.264 e. The van der Waals surface area contributed by atoms with E-state index in [9.17, 15) is 8.42 Å². The number of allylic oxidation sites excluding steroid dienone is 2. The van der Waals surface area contributed by atoms with Crippen LogP contribution in [-0.2, 0) is 19.5 Å². The molecule has 1 N–H and O–H groups in total. The summed E-state index contributed by atoms with van der Waals surface area (Å²) in [5, 5.41) is 3.50. The first-order valence-corrected chi connectivity index (χ1v) is 10.6. The Balaban J connectivity index is 2.76. The van der Waals surface area contributed by atoms with Crippen LogP contribution < -0.4 is 9.62 Å². The van der Waals surface area contributed by atoms with E-state index in [1.165, 1.54) is 11.4 Å². The minimum Gasteiger partial charge on any atom is -0.501 e. The van der Waals surface area contributed by atoms with Crippen LogP contribution in [0.2, 0.25) is 0 Å². The monoisotopic (exact) mass is 406 g/mol. The number of anilines is 1. The highest BCUT2D eigenvalue weighted by Gasteiger charge is 2.36. The van der Waals surface area contributed by atoms with Gasteiger partial charge in [0, 0.05) is 20.8 Å². The molecule has 7 heteroatoms. The van der Waals surface area contributed by atoms with Gasteiger partial charge in [-0.1, -0.05) is 30.4 Å². The zero-order chi connectivity index (χ0) is 20.9. The Labute approximate surface area is 168 Å². The van der Waals surface area contributed by atoms with Crippen LogP contribution >= 0.6 is 0 Å². The summed E-state index contributed by atoms with van der Waals surface area (Å²) in [7, 11) is 0.976. The first kappa shape index (κ1) is 22.2. The third-order valence-corrected chi connectivity index (χ3v) is 6.58. The Morgan fingerprint density at radius 2 is 1.96 bits per heavy atom. The number of methoxy groups -OCH3 is 2. The molecule has 1 aliphatic rings. The number of nitrogens with zero attached hydrogens (tertiary/aromatic N) is 1. The van der Waals surface area contributed by atoms with Crippen molar-refractivity contribution in [1.29, 1.82) is 0 Å². The van der Waals surface area contributed by atoms with E-state index in [4.69, 9.17) is 9.47 Å². The van der Waals surface area contributed by atoms with Gasteiger partial charge in [-0.25, -0.2) is 8.42 Å². The molecule has 1 atom stereocenters. The van der Waals surface area contributed by atoms with Crippen molar-refractivity contribution in [2.24, 2.45) is 0 Å². The summed E-state index contributed by atoms with van der Waals surface area (Å²) in [4.78, 5) is 0.197. The lowest BCUT2D eigenvalue weighted by Gasteiger charge is -2.24. The number of nitrogens with one attached hydrogen (secondary N) is 1. The highest BCUT2D eigenvalue weighted by atomic mass is 32.2. The summed E-state index contributed by atoms with van der Waals surface area (Å²) in [5.74, 6) is 0.509. The Hall–Kier alpha value is -2.09. The molecule has 28 heavy (non-hydrogen) atoms. The maximum Gasteiger partial charge on any atom is 0.264 e. The average molecular weight is 407 g/mol. The van der Waals surface area contributed by atoms with E-state index in [0.29, 0.717) is 35.7 Å². The molecule has 1 aromatic carbocycles. The van der Waals surface area contributed by atoms with Crippen LogP contribution in [0.1, 0.15) is 31.9 Å². The molecule has 0 fully saturated rings. The highest BCUT2D eigenvalue weighted by Crippen LogP contribution is 2.42. The number of para-hydroxylation sites is 1. The topological polar surface area (TPSA) is 67.9 Å². The van der Waals surface area contributed by atoms with Crippen LogP contribution in [0.4, 0.5) is 5.69 Å². The molecule has 0 saturated heterocycles. The summed E-state index contributed by atoms with van der Waals surface area (Å²) >= 11 is 0. The summed E-state index contributed by atoms with van der Waals surface area (Å²) in [6.45, 7) is 8.95. The molecule has 1 unspecified atom stereocenters. The highest BCUT2D eigenvalue weighted by molar-refractivity contribution is 7.96. The van der Waals surface area contributed by atoms with E-state index >= 15 is 0 Å². The molecule has 0 aliphatic carbocycles. The molecular weight excluding hydrogens is 376 g/mol. The Bertz CT molecular complexity index is 887. The lowest BCUT2D eigenvalue weighted by atomic mass is 9.92. The number of ether oxygens (including phenoxy) is 2. The largest absolute Gasteiger partial charge is 0.501 e. The van der Waals surface area contributed by atoms with Gasteiger partial charge in [0.15, 0.2) is 0 Å². The number of sulfonamides is 1. The Morgan fingerprint density at radius 3 is 2.57 bits per heavy atom. The predicted octanol–water partition coefficient (Wildman–Crippen LogP) is 3.51. The Morgan fingerprint density at radius 1 is 1.29 bits per heavy atom. The summed E-state index contributed by atoms with van der Waals surface area (Å²) in [6.07, 6.45) is 2.38. The summed E-state index contributed by atoms with van der Waals surface area (Å²) < 4.78 is 38.6. The summed E-state index contributed by atoms with van der Waals surface area (Å²) in [6, 6.07) is 7.22. The molecule has 1 aliphatic heterocycles. The van der Waals surface area contributed by atoms with E-state index in [1.807, 2.05) is 31.2 Å². The van der Waals surface area contributed by atoms with Crippen LogP contribution in [-0.4, -0.2) is 42.8 Å². The van der Waals surface area contributed by atoms with Gasteiger partial charge in [-0.15, -0.1) is 0 Å². The van der Waals surface area contributed by atoms with E-state index in [1.54, 1.807) is 27.2 Å². The summed E-state index contributed by atoms with van der Waals surface area (Å²) in [5.41, 5.74) is 2.87. The molecule has 1 heterocycles. The first-order valence-electron chi connectivity index (χ1n) is 9.18. The minimum absolute atomic E-state index is 0.197. The van der Waals surface area contributed by atoms with E-state index < -0.39 is 10.0 Å². The van der Waals surface area contributed by atoms with Crippen molar-refractivity contribution in [2.75, 3.05) is 38.7 Å². The maximum atomic E-state index is 13.5. The number of fused-ring (bicyclic) bond motifs is 1. The van der Waals surface area contributed by atoms with Crippen molar-refractivity contribution < 1.29 is 17.9 Å². The van der Waals surface area contributed by atoms with Gasteiger partial charge in [0.2, 0.25) is 0 Å². The van der Waals surface area contributed by atoms with Gasteiger partial charge >= 0.3 is 0 Å². The van der Waals surface area contributed by atoms with Crippen molar-refractivity contribution in [2.45, 2.75) is 26.3 Å². The normalized spacial score (nSPS) is 19.2. The van der Waals surface area contributed by atoms with Gasteiger partial charge in [-0.3, -0.25) is 4.31 Å². The molecule has 0 amide bonds. The molecule has 154 valence electrons. The number of benzene rings is 1. The number of rotatable bonds is 8. The van der Waals surface area contributed by atoms with Crippen LogP contribution in [0.25, 0.3) is 0 Å². The fourth-order valence-electron chi connectivity index (χ4n) is 3.26. The second kappa shape index (κ2) is 9.41. The van der Waals surface area contributed by atoms with Crippen molar-refractivity contribution >= 4 is 15.7 Å². The molecule has 0 saturated carbocycles. The van der Waals surface area contributed by atoms with E-state index in [-0.39, 0.29) is 10.9 Å². The molecule has 1 aromatic rings. The van der Waals surface area contributed by atoms with Gasteiger partial charge in [-0.05, 0) is 50.1 Å². The zero-order valence-corrected chi connectivity index (χ0v) is 18.1. The molecule has 6 nitrogen and oxygen atoms in total. The fraction of sp³-hybridized carbons (Fsp3) is 0.429. The van der Waals surface area contributed by atoms with Crippen molar-refractivity contribution in [3.8, 4) is 0 Å². The van der Waals surface area contributed by atoms with Crippen molar-refractivity contribution in [3.63, 3.8) is 0 Å². The molecule has 0 aromatic heterocycles. The van der Waals surface area contributed by atoms with Crippen LogP contribution in [0.3, 0.4) is 0 Å². The molecule has 0 bridgehead atoms. The average Bonchev–Trinajstić information content (AvgIpc) is 2.73. The third-order valence-electron chi connectivity index (χ3n) is 4.77. The second-order valence-corrected chi connectivity index (χ2v) is 8.72. The fourth-order valence-corrected chi connectivity index (χ4v) is 4.86. The molecule has 0 spiro atoms. The molecule has 2 rings (SSSR count).